The Morgan fingerprint density at radius 1 is 1.63 bits per heavy atom. The Bertz CT molecular complexity index is 557. The molecule has 19 heavy (non-hydrogen) atoms. The second kappa shape index (κ2) is 6.48. The zero-order valence-electron chi connectivity index (χ0n) is 10.9. The Balaban J connectivity index is 2.63. The van der Waals surface area contributed by atoms with Crippen LogP contribution in [-0.4, -0.2) is 40.8 Å². The quantitative estimate of drug-likeness (QED) is 0.608. The number of nitrogens with zero attached hydrogens (tertiary/aromatic N) is 1. The largest absolute Gasteiger partial charge is 0.494 e. The van der Waals surface area contributed by atoms with Crippen molar-refractivity contribution in [2.24, 2.45) is 5.73 Å². The average Bonchev–Trinajstić information content (AvgIpc) is 2.33. The van der Waals surface area contributed by atoms with E-state index in [2.05, 4.69) is 10.3 Å². The number of nitrogens with one attached hydrogen (secondary N) is 2. The molecule has 1 rings (SSSR count). The van der Waals surface area contributed by atoms with Crippen LogP contribution in [0.3, 0.4) is 0 Å². The number of carbonyl (C=O) groups is 1. The molecular formula is C11H18N4O3S. The van der Waals surface area contributed by atoms with E-state index in [4.69, 9.17) is 15.3 Å². The fourth-order valence-corrected chi connectivity index (χ4v) is 1.96. The van der Waals surface area contributed by atoms with E-state index in [-0.39, 0.29) is 11.4 Å². The van der Waals surface area contributed by atoms with Crippen molar-refractivity contribution in [3.05, 3.63) is 23.5 Å². The Morgan fingerprint density at radius 2 is 2.32 bits per heavy atom. The topological polar surface area (TPSA) is 118 Å². The van der Waals surface area contributed by atoms with E-state index in [0.717, 1.165) is 5.56 Å². The van der Waals surface area contributed by atoms with E-state index < -0.39 is 15.6 Å². The van der Waals surface area contributed by atoms with Crippen LogP contribution in [0.5, 0.6) is 5.75 Å². The lowest BCUT2D eigenvalue weighted by atomic mass is 10.2. The van der Waals surface area contributed by atoms with Gasteiger partial charge in [-0.15, -0.1) is 0 Å². The Kier molecular flexibility index (Phi) is 5.25. The van der Waals surface area contributed by atoms with Gasteiger partial charge < -0.3 is 15.8 Å². The smallest absolute Gasteiger partial charge is 0.271 e. The highest BCUT2D eigenvalue weighted by molar-refractivity contribution is 7.91. The molecule has 4 N–H and O–H groups in total. The zero-order chi connectivity index (χ0) is 14.5. The van der Waals surface area contributed by atoms with Crippen molar-refractivity contribution >= 4 is 15.6 Å². The van der Waals surface area contributed by atoms with Gasteiger partial charge in [-0.3, -0.25) is 13.8 Å². The monoisotopic (exact) mass is 286 g/mol. The van der Waals surface area contributed by atoms with Crippen molar-refractivity contribution in [3.63, 3.8) is 0 Å². The van der Waals surface area contributed by atoms with Crippen LogP contribution in [0.2, 0.25) is 0 Å². The first-order chi connectivity index (χ1) is 8.83. The van der Waals surface area contributed by atoms with Gasteiger partial charge in [-0.25, -0.2) is 4.98 Å². The molecule has 0 aliphatic carbocycles. The molecule has 7 nitrogen and oxygen atoms in total. The van der Waals surface area contributed by atoms with E-state index in [9.17, 15) is 9.00 Å². The molecular weight excluding hydrogens is 268 g/mol. The number of ether oxygens (including phenoxy) is 1. The molecule has 1 amide bonds. The van der Waals surface area contributed by atoms with Crippen LogP contribution in [0.4, 0.5) is 0 Å². The fourth-order valence-electron chi connectivity index (χ4n) is 1.42. The molecule has 0 spiro atoms. The highest BCUT2D eigenvalue weighted by Gasteiger charge is 2.11. The molecule has 0 aliphatic rings. The van der Waals surface area contributed by atoms with Gasteiger partial charge in [0.05, 0.1) is 7.11 Å². The summed E-state index contributed by atoms with van der Waals surface area (Å²) in [6, 6.07) is 1.67. The normalized spacial score (nSPS) is 13.8. The van der Waals surface area contributed by atoms with Crippen molar-refractivity contribution in [3.8, 4) is 5.75 Å². The maximum atomic E-state index is 11.2. The second-order valence-electron chi connectivity index (χ2n) is 4.14. The molecule has 8 heteroatoms. The number of pyridine rings is 1. The van der Waals surface area contributed by atoms with Crippen LogP contribution in [0, 0.1) is 4.78 Å². The molecule has 106 valence electrons. The van der Waals surface area contributed by atoms with Gasteiger partial charge in [-0.05, 0) is 11.6 Å². The lowest BCUT2D eigenvalue weighted by Crippen LogP contribution is -2.22. The van der Waals surface area contributed by atoms with Gasteiger partial charge in [0.25, 0.3) is 5.91 Å². The predicted octanol–water partition coefficient (Wildman–Crippen LogP) is -0.0447. The molecule has 0 radical (unpaired) electrons. The lowest BCUT2D eigenvalue weighted by Gasteiger charge is -2.08. The summed E-state index contributed by atoms with van der Waals surface area (Å²) in [5.41, 5.74) is 6.07. The highest BCUT2D eigenvalue weighted by atomic mass is 32.2. The first kappa shape index (κ1) is 15.4. The third-order valence-corrected chi connectivity index (χ3v) is 3.34. The molecule has 1 unspecified atom stereocenters. The number of methoxy groups -OCH3 is 1. The molecule has 0 aliphatic heterocycles. The number of hydrogen-bond donors (Lipinski definition) is 3. The van der Waals surface area contributed by atoms with Gasteiger partial charge in [0.2, 0.25) is 0 Å². The number of aromatic nitrogens is 1. The number of amides is 1. The summed E-state index contributed by atoms with van der Waals surface area (Å²) in [6.45, 7) is 0.955. The highest BCUT2D eigenvalue weighted by Crippen LogP contribution is 2.16. The van der Waals surface area contributed by atoms with Crippen LogP contribution in [-0.2, 0) is 16.3 Å². The molecule has 0 aromatic carbocycles. The average molecular weight is 286 g/mol. The maximum Gasteiger partial charge on any atom is 0.271 e. The van der Waals surface area contributed by atoms with Crippen LogP contribution in [0.15, 0.2) is 12.3 Å². The van der Waals surface area contributed by atoms with Gasteiger partial charge in [0.15, 0.2) is 11.4 Å². The number of hydrogen-bond acceptors (Lipinski definition) is 6. The van der Waals surface area contributed by atoms with E-state index >= 15 is 0 Å². The summed E-state index contributed by atoms with van der Waals surface area (Å²) in [6.07, 6.45) is 2.93. The zero-order valence-corrected chi connectivity index (χ0v) is 11.8. The van der Waals surface area contributed by atoms with Crippen molar-refractivity contribution in [1.29, 1.82) is 4.78 Å². The van der Waals surface area contributed by atoms with E-state index in [1.165, 1.54) is 19.6 Å². The van der Waals surface area contributed by atoms with Crippen LogP contribution < -0.4 is 15.8 Å². The van der Waals surface area contributed by atoms with Gasteiger partial charge in [0.1, 0.15) is 0 Å². The third kappa shape index (κ3) is 5.23. The lowest BCUT2D eigenvalue weighted by molar-refractivity contribution is 0.0992. The second-order valence-corrected chi connectivity index (χ2v) is 6.56. The summed E-state index contributed by atoms with van der Waals surface area (Å²) >= 11 is 0. The number of nitrogens with two attached hydrogens (primary N) is 1. The van der Waals surface area contributed by atoms with E-state index in [1.54, 1.807) is 6.07 Å². The van der Waals surface area contributed by atoms with Crippen LogP contribution in [0.1, 0.15) is 16.1 Å². The van der Waals surface area contributed by atoms with Gasteiger partial charge in [-0.2, -0.15) is 0 Å². The summed E-state index contributed by atoms with van der Waals surface area (Å²) in [7, 11) is -1.04. The summed E-state index contributed by atoms with van der Waals surface area (Å²) < 4.78 is 23.5. The maximum absolute atomic E-state index is 11.2. The van der Waals surface area contributed by atoms with Crippen LogP contribution >= 0.6 is 0 Å². The number of carbonyl (C=O) groups excluding carboxylic acids is 1. The SMILES string of the molecule is COc1cc(CNCCS(C)(=N)=O)cnc1C(N)=O. The summed E-state index contributed by atoms with van der Waals surface area (Å²) in [5.74, 6) is -0.0282. The van der Waals surface area contributed by atoms with Gasteiger partial charge >= 0.3 is 0 Å². The predicted molar refractivity (Wildman–Crippen MR) is 72.7 cm³/mol. The molecule has 1 aromatic rings. The number of primary amides is 1. The van der Waals surface area contributed by atoms with Crippen molar-refractivity contribution in [2.45, 2.75) is 6.54 Å². The minimum Gasteiger partial charge on any atom is -0.494 e. The number of rotatable bonds is 7. The molecule has 1 atom stereocenters. The Labute approximate surface area is 112 Å². The van der Waals surface area contributed by atoms with Crippen molar-refractivity contribution in [1.82, 2.24) is 10.3 Å². The van der Waals surface area contributed by atoms with Gasteiger partial charge in [0, 0.05) is 41.0 Å². The summed E-state index contributed by atoms with van der Waals surface area (Å²) in [4.78, 5) is 15.0. The minimum atomic E-state index is -2.47. The molecule has 0 bridgehead atoms. The molecule has 1 heterocycles. The van der Waals surface area contributed by atoms with Crippen molar-refractivity contribution in [2.75, 3.05) is 25.7 Å². The third-order valence-electron chi connectivity index (χ3n) is 2.36. The van der Waals surface area contributed by atoms with Gasteiger partial charge in [-0.1, -0.05) is 0 Å². The van der Waals surface area contributed by atoms with E-state index in [0.29, 0.717) is 18.8 Å². The molecule has 0 saturated heterocycles. The van der Waals surface area contributed by atoms with Crippen molar-refractivity contribution < 1.29 is 13.7 Å². The Morgan fingerprint density at radius 3 is 2.84 bits per heavy atom. The fraction of sp³-hybridized carbons (Fsp3) is 0.455. The first-order valence-electron chi connectivity index (χ1n) is 5.58. The first-order valence-corrected chi connectivity index (χ1v) is 7.72. The Hall–Kier alpha value is -1.67. The van der Waals surface area contributed by atoms with Crippen LogP contribution in [0.25, 0.3) is 0 Å². The molecule has 0 fully saturated rings. The van der Waals surface area contributed by atoms with E-state index in [1.807, 2.05) is 0 Å². The summed E-state index contributed by atoms with van der Waals surface area (Å²) in [5, 5.41) is 3.05. The molecule has 1 aromatic heterocycles. The standard InChI is InChI=1S/C11H18N4O3S/c1-18-9-5-8(7-15-10(9)11(12)16)6-14-3-4-19(2,13)17/h5,7,13-14H,3-4,6H2,1-2H3,(H2,12,16). The minimum absolute atomic E-state index is 0.0917. The molecule has 0 saturated carbocycles.